The zero-order valence-electron chi connectivity index (χ0n) is 11.3. The van der Waals surface area contributed by atoms with Crippen molar-refractivity contribution in [2.45, 2.75) is 0 Å². The van der Waals surface area contributed by atoms with Crippen molar-refractivity contribution in [3.8, 4) is 11.1 Å². The molecule has 0 aliphatic carbocycles. The van der Waals surface area contributed by atoms with E-state index in [2.05, 4.69) is 14.8 Å². The zero-order valence-corrected chi connectivity index (χ0v) is 12.1. The van der Waals surface area contributed by atoms with E-state index in [-0.39, 0.29) is 5.91 Å². The summed E-state index contributed by atoms with van der Waals surface area (Å²) >= 11 is 0. The molecule has 2 aromatic heterocycles. The van der Waals surface area contributed by atoms with E-state index in [0.717, 1.165) is 22.0 Å². The number of fused-ring (bicyclic) bond motifs is 1. The normalized spacial score (nSPS) is 17.5. The average Bonchev–Trinajstić information content (AvgIpc) is 3.13. The second-order valence-electron chi connectivity index (χ2n) is 4.80. The molecule has 1 aromatic carbocycles. The quantitative estimate of drug-likeness (QED) is 0.781. The zero-order chi connectivity index (χ0) is 15.1. The number of nitrogens with one attached hydrogen (secondary N) is 1. The number of hydrogen-bond acceptors (Lipinski definition) is 4. The number of amides is 1. The van der Waals surface area contributed by atoms with Gasteiger partial charge >= 0.3 is 0 Å². The van der Waals surface area contributed by atoms with Crippen molar-refractivity contribution >= 4 is 32.8 Å². The highest BCUT2D eigenvalue weighted by atomic mass is 32.2. The fraction of sp³-hybridized carbons (Fsp3) is 0. The van der Waals surface area contributed by atoms with Gasteiger partial charge in [0.15, 0.2) is 16.0 Å². The van der Waals surface area contributed by atoms with Gasteiger partial charge in [-0.3, -0.25) is 14.5 Å². The Balaban J connectivity index is 1.75. The van der Waals surface area contributed by atoms with E-state index >= 15 is 0 Å². The van der Waals surface area contributed by atoms with Crippen LogP contribution in [-0.2, 0) is 15.8 Å². The van der Waals surface area contributed by atoms with Gasteiger partial charge in [-0.05, 0) is 17.7 Å². The molecular formula is C15H10N4O2S. The fourth-order valence-corrected chi connectivity index (χ4v) is 3.16. The SMILES string of the molecule is O=C1C=C(n2cc(-c3ccc4cccnc4c3)cn2)S(=O)N1. The van der Waals surface area contributed by atoms with Gasteiger partial charge in [0.05, 0.1) is 11.7 Å². The van der Waals surface area contributed by atoms with Crippen LogP contribution in [0.15, 0.2) is 55.0 Å². The molecule has 108 valence electrons. The van der Waals surface area contributed by atoms with Crippen LogP contribution in [0.5, 0.6) is 0 Å². The van der Waals surface area contributed by atoms with E-state index in [9.17, 15) is 9.00 Å². The van der Waals surface area contributed by atoms with E-state index in [1.54, 1.807) is 18.6 Å². The molecule has 1 aliphatic rings. The van der Waals surface area contributed by atoms with E-state index in [4.69, 9.17) is 0 Å². The first-order valence-electron chi connectivity index (χ1n) is 6.55. The van der Waals surface area contributed by atoms with Crippen molar-refractivity contribution in [2.24, 2.45) is 0 Å². The summed E-state index contributed by atoms with van der Waals surface area (Å²) in [6, 6.07) is 9.84. The van der Waals surface area contributed by atoms with Gasteiger partial charge in [-0.1, -0.05) is 18.2 Å². The molecule has 0 saturated heterocycles. The standard InChI is InChI=1S/C15H10N4O2S/c20-14-7-15(22(21)18-14)19-9-12(8-17-19)11-4-3-10-2-1-5-16-13(10)6-11/h1-9H,(H,18,20). The number of benzene rings is 1. The Morgan fingerprint density at radius 2 is 2.09 bits per heavy atom. The highest BCUT2D eigenvalue weighted by Crippen LogP contribution is 2.24. The molecule has 0 saturated carbocycles. The van der Waals surface area contributed by atoms with Gasteiger partial charge in [-0.2, -0.15) is 5.10 Å². The van der Waals surface area contributed by atoms with Crippen LogP contribution in [-0.4, -0.2) is 24.9 Å². The topological polar surface area (TPSA) is 76.9 Å². The predicted molar refractivity (Wildman–Crippen MR) is 83.5 cm³/mol. The van der Waals surface area contributed by atoms with Crippen LogP contribution in [0.4, 0.5) is 0 Å². The summed E-state index contributed by atoms with van der Waals surface area (Å²) in [6.45, 7) is 0. The molecule has 3 heterocycles. The number of rotatable bonds is 2. The van der Waals surface area contributed by atoms with Gasteiger partial charge < -0.3 is 0 Å². The lowest BCUT2D eigenvalue weighted by atomic mass is 10.1. The lowest BCUT2D eigenvalue weighted by Crippen LogP contribution is -2.17. The average molecular weight is 310 g/mol. The monoisotopic (exact) mass is 310 g/mol. The summed E-state index contributed by atoms with van der Waals surface area (Å²) in [6.07, 6.45) is 6.45. The fourth-order valence-electron chi connectivity index (χ4n) is 2.33. The Morgan fingerprint density at radius 1 is 1.18 bits per heavy atom. The molecule has 22 heavy (non-hydrogen) atoms. The van der Waals surface area contributed by atoms with Crippen LogP contribution in [0.25, 0.3) is 27.1 Å². The first-order chi connectivity index (χ1) is 10.7. The molecule has 1 N–H and O–H groups in total. The molecule has 3 aromatic rings. The Bertz CT molecular complexity index is 961. The van der Waals surface area contributed by atoms with Crippen LogP contribution >= 0.6 is 0 Å². The van der Waals surface area contributed by atoms with Gasteiger partial charge in [0.1, 0.15) is 0 Å². The number of aromatic nitrogens is 3. The molecule has 1 aliphatic heterocycles. The van der Waals surface area contributed by atoms with Crippen LogP contribution in [0.1, 0.15) is 0 Å². The first-order valence-corrected chi connectivity index (χ1v) is 7.70. The molecule has 0 radical (unpaired) electrons. The van der Waals surface area contributed by atoms with Crippen molar-refractivity contribution in [1.29, 1.82) is 0 Å². The first kappa shape index (κ1) is 12.9. The minimum absolute atomic E-state index is 0.329. The Labute approximate surface area is 128 Å². The third-order valence-corrected chi connectivity index (χ3v) is 4.46. The van der Waals surface area contributed by atoms with Gasteiger partial charge in [0.25, 0.3) is 5.91 Å². The molecule has 1 amide bonds. The molecule has 0 bridgehead atoms. The van der Waals surface area contributed by atoms with E-state index in [1.807, 2.05) is 30.3 Å². The Kier molecular flexibility index (Phi) is 2.87. The van der Waals surface area contributed by atoms with Gasteiger partial charge in [-0.15, -0.1) is 0 Å². The highest BCUT2D eigenvalue weighted by Gasteiger charge is 2.21. The number of nitrogens with zero attached hydrogens (tertiary/aromatic N) is 3. The molecule has 0 fully saturated rings. The van der Waals surface area contributed by atoms with Crippen LogP contribution in [0, 0.1) is 0 Å². The second kappa shape index (κ2) is 4.88. The van der Waals surface area contributed by atoms with Crippen LogP contribution in [0.2, 0.25) is 0 Å². The Hall–Kier alpha value is -2.80. The number of hydrogen-bond donors (Lipinski definition) is 1. The third-order valence-electron chi connectivity index (χ3n) is 3.39. The highest BCUT2D eigenvalue weighted by molar-refractivity contribution is 7.93. The van der Waals surface area contributed by atoms with Crippen molar-refractivity contribution in [3.63, 3.8) is 0 Å². The van der Waals surface area contributed by atoms with Crippen molar-refractivity contribution < 1.29 is 9.00 Å². The third kappa shape index (κ3) is 2.11. The van der Waals surface area contributed by atoms with E-state index in [1.165, 1.54) is 10.8 Å². The number of carbonyl (C=O) groups is 1. The number of pyridine rings is 1. The predicted octanol–water partition coefficient (Wildman–Crippen LogP) is 1.69. The molecule has 1 atom stereocenters. The molecule has 7 heteroatoms. The minimum atomic E-state index is -1.56. The molecule has 1 unspecified atom stereocenters. The van der Waals surface area contributed by atoms with Crippen molar-refractivity contribution in [3.05, 3.63) is 55.0 Å². The minimum Gasteiger partial charge on any atom is -0.269 e. The summed E-state index contributed by atoms with van der Waals surface area (Å²) in [4.78, 5) is 15.6. The van der Waals surface area contributed by atoms with E-state index < -0.39 is 11.0 Å². The Morgan fingerprint density at radius 3 is 2.91 bits per heavy atom. The van der Waals surface area contributed by atoms with Crippen molar-refractivity contribution in [1.82, 2.24) is 19.5 Å². The lowest BCUT2D eigenvalue weighted by Gasteiger charge is -2.01. The summed E-state index contributed by atoms with van der Waals surface area (Å²) in [5.74, 6) is -0.375. The van der Waals surface area contributed by atoms with Gasteiger partial charge in [-0.25, -0.2) is 8.89 Å². The summed E-state index contributed by atoms with van der Waals surface area (Å²) in [5.41, 5.74) is 2.72. The maximum atomic E-state index is 11.7. The van der Waals surface area contributed by atoms with Crippen molar-refractivity contribution in [2.75, 3.05) is 0 Å². The summed E-state index contributed by atoms with van der Waals surface area (Å²) in [5, 5.41) is 5.57. The van der Waals surface area contributed by atoms with Crippen LogP contribution in [0.3, 0.4) is 0 Å². The lowest BCUT2D eigenvalue weighted by molar-refractivity contribution is -0.114. The summed E-state index contributed by atoms with van der Waals surface area (Å²) < 4.78 is 15.5. The van der Waals surface area contributed by atoms with E-state index in [0.29, 0.717) is 5.03 Å². The smallest absolute Gasteiger partial charge is 0.258 e. The molecule has 4 rings (SSSR count). The molecular weight excluding hydrogens is 300 g/mol. The number of carbonyl (C=O) groups excluding carboxylic acids is 1. The molecule has 0 spiro atoms. The largest absolute Gasteiger partial charge is 0.269 e. The van der Waals surface area contributed by atoms with Gasteiger partial charge in [0, 0.05) is 29.4 Å². The summed E-state index contributed by atoms with van der Waals surface area (Å²) in [7, 11) is -1.56. The second-order valence-corrected chi connectivity index (χ2v) is 5.96. The van der Waals surface area contributed by atoms with Gasteiger partial charge in [0.2, 0.25) is 0 Å². The van der Waals surface area contributed by atoms with Crippen LogP contribution < -0.4 is 4.72 Å². The maximum Gasteiger partial charge on any atom is 0.258 e. The molecule has 6 nitrogen and oxygen atoms in total. The maximum absolute atomic E-state index is 11.7.